The molecule has 0 atom stereocenters. The molecule has 1 aromatic carbocycles. The van der Waals surface area contributed by atoms with E-state index in [-0.39, 0.29) is 5.69 Å². The number of nitrogens with zero attached hydrogens (tertiary/aromatic N) is 2. The van der Waals surface area contributed by atoms with Crippen LogP contribution in [0.25, 0.3) is 10.9 Å². The van der Waals surface area contributed by atoms with E-state index in [4.69, 9.17) is 0 Å². The first-order valence-electron chi connectivity index (χ1n) is 4.98. The van der Waals surface area contributed by atoms with Crippen LogP contribution in [0.4, 0.5) is 5.69 Å². The maximum absolute atomic E-state index is 10.6. The second kappa shape index (κ2) is 4.63. The molecule has 0 saturated carbocycles. The van der Waals surface area contributed by atoms with Gasteiger partial charge in [0.1, 0.15) is 11.2 Å². The van der Waals surface area contributed by atoms with Crippen molar-refractivity contribution in [3.8, 4) is 11.8 Å². The van der Waals surface area contributed by atoms with Gasteiger partial charge in [0.25, 0.3) is 5.69 Å². The van der Waals surface area contributed by atoms with Gasteiger partial charge in [0.05, 0.1) is 11.5 Å². The molecule has 0 aliphatic heterocycles. The number of nitro benzene ring substituents is 1. The topological polar surface area (TPSA) is 83.8 Å². The lowest BCUT2D eigenvalue weighted by atomic mass is 10.2. The van der Waals surface area contributed by atoms with E-state index < -0.39 is 4.92 Å². The lowest BCUT2D eigenvalue weighted by Gasteiger charge is -1.90. The zero-order valence-corrected chi connectivity index (χ0v) is 9.15. The summed E-state index contributed by atoms with van der Waals surface area (Å²) in [7, 11) is 1.81. The van der Waals surface area contributed by atoms with Gasteiger partial charge in [-0.15, -0.1) is 0 Å². The molecule has 0 aliphatic rings. The summed E-state index contributed by atoms with van der Waals surface area (Å²) in [6, 6.07) is 4.52. The highest BCUT2D eigenvalue weighted by molar-refractivity contribution is 5.85. The fourth-order valence-corrected chi connectivity index (χ4v) is 1.43. The van der Waals surface area contributed by atoms with E-state index in [0.29, 0.717) is 17.8 Å². The molecule has 6 heteroatoms. The van der Waals surface area contributed by atoms with Crippen LogP contribution in [0.1, 0.15) is 5.69 Å². The van der Waals surface area contributed by atoms with Crippen molar-refractivity contribution in [2.75, 3.05) is 13.6 Å². The Morgan fingerprint density at radius 1 is 1.59 bits per heavy atom. The van der Waals surface area contributed by atoms with Gasteiger partial charge >= 0.3 is 0 Å². The number of benzene rings is 1. The fraction of sp³-hybridized carbons (Fsp3) is 0.182. The lowest BCUT2D eigenvalue weighted by Crippen LogP contribution is -2.04. The predicted molar refractivity (Wildman–Crippen MR) is 63.6 cm³/mol. The van der Waals surface area contributed by atoms with Crippen molar-refractivity contribution in [1.82, 2.24) is 15.5 Å². The largest absolute Gasteiger partial charge is 0.309 e. The minimum Gasteiger partial charge on any atom is -0.309 e. The van der Waals surface area contributed by atoms with E-state index in [0.717, 1.165) is 5.39 Å². The van der Waals surface area contributed by atoms with Crippen LogP contribution in [-0.2, 0) is 0 Å². The van der Waals surface area contributed by atoms with Crippen LogP contribution in [0, 0.1) is 22.0 Å². The molecule has 0 amide bonds. The van der Waals surface area contributed by atoms with E-state index in [1.807, 2.05) is 7.05 Å². The van der Waals surface area contributed by atoms with E-state index in [1.54, 1.807) is 6.07 Å². The number of aromatic nitrogens is 2. The van der Waals surface area contributed by atoms with Crippen molar-refractivity contribution in [3.05, 3.63) is 34.0 Å². The Kier molecular flexibility index (Phi) is 3.03. The molecule has 0 unspecified atom stereocenters. The summed E-state index contributed by atoms with van der Waals surface area (Å²) >= 11 is 0. The molecule has 2 N–H and O–H groups in total. The third-order valence-corrected chi connectivity index (χ3v) is 2.23. The zero-order valence-electron chi connectivity index (χ0n) is 9.15. The number of nitrogens with one attached hydrogen (secondary N) is 2. The Morgan fingerprint density at radius 3 is 3.12 bits per heavy atom. The number of hydrogen-bond acceptors (Lipinski definition) is 4. The second-order valence-electron chi connectivity index (χ2n) is 3.39. The SMILES string of the molecule is CNCC#Cc1[nH]nc2cc([N+](=O)[O-])ccc12. The monoisotopic (exact) mass is 230 g/mol. The van der Waals surface area contributed by atoms with Gasteiger partial charge in [0.15, 0.2) is 0 Å². The van der Waals surface area contributed by atoms with E-state index in [2.05, 4.69) is 27.4 Å². The minimum atomic E-state index is -0.444. The molecule has 0 spiro atoms. The Bertz CT molecular complexity index is 621. The van der Waals surface area contributed by atoms with Crippen molar-refractivity contribution in [2.45, 2.75) is 0 Å². The molecule has 86 valence electrons. The minimum absolute atomic E-state index is 0.0266. The maximum Gasteiger partial charge on any atom is 0.271 e. The molecular formula is C11H10N4O2. The number of hydrogen-bond donors (Lipinski definition) is 2. The van der Waals surface area contributed by atoms with Crippen LogP contribution >= 0.6 is 0 Å². The highest BCUT2D eigenvalue weighted by atomic mass is 16.6. The third kappa shape index (κ3) is 2.24. The van der Waals surface area contributed by atoms with Crippen molar-refractivity contribution < 1.29 is 4.92 Å². The summed E-state index contributed by atoms with van der Waals surface area (Å²) < 4.78 is 0. The molecule has 0 bridgehead atoms. The average Bonchev–Trinajstić information content (AvgIpc) is 2.72. The van der Waals surface area contributed by atoms with Crippen LogP contribution in [0.5, 0.6) is 0 Å². The highest BCUT2D eigenvalue weighted by Gasteiger charge is 2.09. The first kappa shape index (κ1) is 11.1. The Labute approximate surface area is 97.2 Å². The van der Waals surface area contributed by atoms with Gasteiger partial charge in [-0.3, -0.25) is 15.2 Å². The number of nitro groups is 1. The number of H-pyrrole nitrogens is 1. The lowest BCUT2D eigenvalue weighted by molar-refractivity contribution is -0.384. The van der Waals surface area contributed by atoms with Crippen molar-refractivity contribution in [1.29, 1.82) is 0 Å². The van der Waals surface area contributed by atoms with Gasteiger partial charge in [0.2, 0.25) is 0 Å². The van der Waals surface area contributed by atoms with Crippen LogP contribution in [0.3, 0.4) is 0 Å². The summed E-state index contributed by atoms with van der Waals surface area (Å²) in [4.78, 5) is 10.1. The summed E-state index contributed by atoms with van der Waals surface area (Å²) in [6.07, 6.45) is 0. The first-order chi connectivity index (χ1) is 8.22. The molecule has 1 heterocycles. The second-order valence-corrected chi connectivity index (χ2v) is 3.39. The number of rotatable bonds is 2. The van der Waals surface area contributed by atoms with Crippen LogP contribution in [0.2, 0.25) is 0 Å². The maximum atomic E-state index is 10.6. The molecule has 2 rings (SSSR count). The van der Waals surface area contributed by atoms with Crippen molar-refractivity contribution in [2.24, 2.45) is 0 Å². The van der Waals surface area contributed by atoms with Crippen LogP contribution in [-0.4, -0.2) is 28.7 Å². The summed E-state index contributed by atoms with van der Waals surface area (Å²) in [6.45, 7) is 0.577. The summed E-state index contributed by atoms with van der Waals surface area (Å²) in [5.74, 6) is 5.82. The average molecular weight is 230 g/mol. The summed E-state index contributed by atoms with van der Waals surface area (Å²) in [5.41, 5.74) is 1.25. The quantitative estimate of drug-likeness (QED) is 0.458. The van der Waals surface area contributed by atoms with Crippen LogP contribution < -0.4 is 5.32 Å². The first-order valence-corrected chi connectivity index (χ1v) is 4.98. The van der Waals surface area contributed by atoms with Gasteiger partial charge in [-0.1, -0.05) is 5.92 Å². The van der Waals surface area contributed by atoms with Gasteiger partial charge in [-0.05, 0) is 19.0 Å². The van der Waals surface area contributed by atoms with Gasteiger partial charge < -0.3 is 5.32 Å². The van der Waals surface area contributed by atoms with Gasteiger partial charge in [-0.25, -0.2) is 0 Å². The molecule has 0 fully saturated rings. The molecule has 2 aromatic rings. The molecule has 0 aliphatic carbocycles. The van der Waals surface area contributed by atoms with Gasteiger partial charge in [-0.2, -0.15) is 5.10 Å². The number of aromatic amines is 1. The molecule has 1 aromatic heterocycles. The smallest absolute Gasteiger partial charge is 0.271 e. The van der Waals surface area contributed by atoms with Crippen LogP contribution in [0.15, 0.2) is 18.2 Å². The predicted octanol–water partition coefficient (Wildman–Crippen LogP) is 1.04. The third-order valence-electron chi connectivity index (χ3n) is 2.23. The summed E-state index contributed by atoms with van der Waals surface area (Å²) in [5, 5.41) is 21.0. The number of non-ortho nitro benzene ring substituents is 1. The molecule has 0 radical (unpaired) electrons. The number of fused-ring (bicyclic) bond motifs is 1. The Morgan fingerprint density at radius 2 is 2.41 bits per heavy atom. The van der Waals surface area contributed by atoms with E-state index >= 15 is 0 Å². The Hall–Kier alpha value is -2.39. The van der Waals surface area contributed by atoms with E-state index in [9.17, 15) is 10.1 Å². The fourth-order valence-electron chi connectivity index (χ4n) is 1.43. The standard InChI is InChI=1S/C11H10N4O2/c1-12-6-2-3-10-9-5-4-8(15(16)17)7-11(9)14-13-10/h4-5,7,12H,6H2,1H3,(H,13,14). The molecule has 6 nitrogen and oxygen atoms in total. The van der Waals surface area contributed by atoms with Crippen molar-refractivity contribution >= 4 is 16.6 Å². The van der Waals surface area contributed by atoms with Crippen molar-refractivity contribution in [3.63, 3.8) is 0 Å². The zero-order chi connectivity index (χ0) is 12.3. The molecule has 0 saturated heterocycles. The highest BCUT2D eigenvalue weighted by Crippen LogP contribution is 2.20. The Balaban J connectivity index is 2.42. The van der Waals surface area contributed by atoms with E-state index in [1.165, 1.54) is 12.1 Å². The molecule has 17 heavy (non-hydrogen) atoms. The van der Waals surface area contributed by atoms with Gasteiger partial charge in [0, 0.05) is 17.5 Å². The molecular weight excluding hydrogens is 220 g/mol. The normalized spacial score (nSPS) is 9.94.